The number of benzene rings is 3. The van der Waals surface area contributed by atoms with Crippen LogP contribution in [0, 0.1) is 5.82 Å². The zero-order chi connectivity index (χ0) is 23.3. The number of hydrogen-bond acceptors (Lipinski definition) is 2. The number of nitrogens with zero attached hydrogens (tertiary/aromatic N) is 1. The molecule has 2 heterocycles. The normalized spacial score (nSPS) is 18.8. The van der Waals surface area contributed by atoms with Crippen molar-refractivity contribution in [3.05, 3.63) is 93.8 Å². The molecule has 3 amide bonds. The lowest BCUT2D eigenvalue weighted by Gasteiger charge is -2.22. The molecule has 0 spiro atoms. The minimum atomic E-state index is -2.62. The first-order valence-corrected chi connectivity index (χ1v) is 10.6. The number of alkyl halides is 2. The summed E-state index contributed by atoms with van der Waals surface area (Å²) in [6, 6.07) is 13.8. The van der Waals surface area contributed by atoms with Gasteiger partial charge in [0.25, 0.3) is 5.91 Å². The Balaban J connectivity index is 1.51. The minimum Gasteiger partial charge on any atom is -0.341 e. The molecule has 0 aromatic heterocycles. The number of urea groups is 1. The molecule has 33 heavy (non-hydrogen) atoms. The Labute approximate surface area is 192 Å². The van der Waals surface area contributed by atoms with E-state index in [-0.39, 0.29) is 11.6 Å². The van der Waals surface area contributed by atoms with Crippen molar-refractivity contribution in [2.45, 2.75) is 18.4 Å². The average molecular weight is 472 g/mol. The van der Waals surface area contributed by atoms with Crippen molar-refractivity contribution in [3.63, 3.8) is 0 Å². The van der Waals surface area contributed by atoms with E-state index in [4.69, 9.17) is 11.6 Å². The van der Waals surface area contributed by atoms with E-state index in [1.807, 2.05) is 0 Å². The van der Waals surface area contributed by atoms with Gasteiger partial charge in [0.05, 0.1) is 12.0 Å². The molecule has 3 aromatic rings. The van der Waals surface area contributed by atoms with Crippen LogP contribution in [0.15, 0.2) is 60.7 Å². The third-order valence-electron chi connectivity index (χ3n) is 5.98. The number of nitrogens with one attached hydrogen (secondary N) is 2. The smallest absolute Gasteiger partial charge is 0.326 e. The summed E-state index contributed by atoms with van der Waals surface area (Å²) in [5.74, 6) is -2.00. The van der Waals surface area contributed by atoms with Crippen LogP contribution in [0.3, 0.4) is 0 Å². The van der Waals surface area contributed by atoms with Crippen molar-refractivity contribution in [3.8, 4) is 0 Å². The van der Waals surface area contributed by atoms with Crippen LogP contribution in [-0.2, 0) is 0 Å². The van der Waals surface area contributed by atoms with Crippen LogP contribution >= 0.6 is 11.6 Å². The standard InChI is InChI=1S/C24H17ClF3N3O2/c25-17-9-8-12(26)10-15(17)21-20-14(23(32)30-21)5-3-6-18(20)29-24(33)31-11-16(22(27)28)13-4-1-2-7-19(13)31/h1-10,16,21-22H,11H2,(H,29,33)(H,30,32). The van der Waals surface area contributed by atoms with Gasteiger partial charge in [-0.05, 0) is 42.0 Å². The second kappa shape index (κ2) is 8.12. The number of rotatable bonds is 3. The molecule has 9 heteroatoms. The number of halogens is 4. The van der Waals surface area contributed by atoms with Crippen LogP contribution in [0.1, 0.15) is 39.0 Å². The van der Waals surface area contributed by atoms with Crippen molar-refractivity contribution in [2.75, 3.05) is 16.8 Å². The third kappa shape index (κ3) is 3.60. The molecule has 0 saturated carbocycles. The second-order valence-corrected chi connectivity index (χ2v) is 8.29. The van der Waals surface area contributed by atoms with Crippen LogP contribution < -0.4 is 15.5 Å². The highest BCUT2D eigenvalue weighted by Gasteiger charge is 2.38. The van der Waals surface area contributed by atoms with Crippen molar-refractivity contribution in [1.29, 1.82) is 0 Å². The van der Waals surface area contributed by atoms with E-state index in [0.29, 0.717) is 33.6 Å². The lowest BCUT2D eigenvalue weighted by atomic mass is 9.96. The Morgan fingerprint density at radius 1 is 1.09 bits per heavy atom. The van der Waals surface area contributed by atoms with Gasteiger partial charge in [0, 0.05) is 39.6 Å². The summed E-state index contributed by atoms with van der Waals surface area (Å²) in [5.41, 5.74) is 2.20. The monoisotopic (exact) mass is 471 g/mol. The summed E-state index contributed by atoms with van der Waals surface area (Å²) >= 11 is 6.27. The van der Waals surface area contributed by atoms with Crippen LogP contribution in [0.2, 0.25) is 5.02 Å². The van der Waals surface area contributed by atoms with Gasteiger partial charge in [0.1, 0.15) is 5.82 Å². The highest BCUT2D eigenvalue weighted by Crippen LogP contribution is 2.42. The fourth-order valence-electron chi connectivity index (χ4n) is 4.46. The molecular weight excluding hydrogens is 455 g/mol. The second-order valence-electron chi connectivity index (χ2n) is 7.88. The molecule has 3 aromatic carbocycles. The van der Waals surface area contributed by atoms with E-state index < -0.39 is 36.1 Å². The molecule has 0 aliphatic carbocycles. The maximum absolute atomic E-state index is 13.9. The third-order valence-corrected chi connectivity index (χ3v) is 6.33. The van der Waals surface area contributed by atoms with Gasteiger partial charge in [-0.3, -0.25) is 9.69 Å². The number of fused-ring (bicyclic) bond motifs is 2. The van der Waals surface area contributed by atoms with Crippen LogP contribution in [0.5, 0.6) is 0 Å². The lowest BCUT2D eigenvalue weighted by molar-refractivity contribution is 0.0960. The zero-order valence-corrected chi connectivity index (χ0v) is 17.7. The van der Waals surface area contributed by atoms with E-state index in [1.54, 1.807) is 42.5 Å². The van der Waals surface area contributed by atoms with Crippen molar-refractivity contribution in [2.24, 2.45) is 0 Å². The molecule has 2 unspecified atom stereocenters. The number of carbonyl (C=O) groups is 2. The zero-order valence-electron chi connectivity index (χ0n) is 17.0. The Hall–Kier alpha value is -3.52. The number of amides is 3. The SMILES string of the molecule is O=C1NC(c2cc(F)ccc2Cl)c2c(NC(=O)N3CC(C(F)F)c4ccccc43)cccc21. The molecule has 0 radical (unpaired) electrons. The Morgan fingerprint density at radius 2 is 1.88 bits per heavy atom. The molecule has 2 N–H and O–H groups in total. The number of carbonyl (C=O) groups excluding carboxylic acids is 2. The van der Waals surface area contributed by atoms with E-state index in [9.17, 15) is 22.8 Å². The minimum absolute atomic E-state index is 0.172. The maximum Gasteiger partial charge on any atom is 0.326 e. The Bertz CT molecular complexity index is 1280. The van der Waals surface area contributed by atoms with E-state index in [2.05, 4.69) is 10.6 Å². The van der Waals surface area contributed by atoms with E-state index in [0.717, 1.165) is 0 Å². The predicted molar refractivity (Wildman–Crippen MR) is 119 cm³/mol. The molecule has 5 rings (SSSR count). The Morgan fingerprint density at radius 3 is 2.67 bits per heavy atom. The van der Waals surface area contributed by atoms with Gasteiger partial charge < -0.3 is 10.6 Å². The average Bonchev–Trinajstić information content (AvgIpc) is 3.35. The molecule has 5 nitrogen and oxygen atoms in total. The molecule has 0 fully saturated rings. The molecule has 2 atom stereocenters. The van der Waals surface area contributed by atoms with Crippen LogP contribution in [-0.4, -0.2) is 24.9 Å². The molecule has 0 saturated heterocycles. The van der Waals surface area contributed by atoms with Gasteiger partial charge >= 0.3 is 6.03 Å². The van der Waals surface area contributed by atoms with Gasteiger partial charge in [-0.1, -0.05) is 35.9 Å². The van der Waals surface area contributed by atoms with Crippen LogP contribution in [0.4, 0.5) is 29.3 Å². The van der Waals surface area contributed by atoms with E-state index in [1.165, 1.54) is 23.1 Å². The summed E-state index contributed by atoms with van der Waals surface area (Å²) in [4.78, 5) is 27.0. The highest BCUT2D eigenvalue weighted by atomic mass is 35.5. The van der Waals surface area contributed by atoms with Gasteiger partial charge in [0.2, 0.25) is 6.43 Å². The summed E-state index contributed by atoms with van der Waals surface area (Å²) < 4.78 is 41.1. The molecule has 0 bridgehead atoms. The van der Waals surface area contributed by atoms with Crippen LogP contribution in [0.25, 0.3) is 0 Å². The Kier molecular flexibility index (Phi) is 5.25. The molecule has 168 valence electrons. The quantitative estimate of drug-likeness (QED) is 0.514. The summed E-state index contributed by atoms with van der Waals surface area (Å²) in [7, 11) is 0. The largest absolute Gasteiger partial charge is 0.341 e. The first-order chi connectivity index (χ1) is 15.8. The topological polar surface area (TPSA) is 61.4 Å². The van der Waals surface area contributed by atoms with Gasteiger partial charge in [-0.2, -0.15) is 0 Å². The van der Waals surface area contributed by atoms with Gasteiger partial charge in [-0.25, -0.2) is 18.0 Å². The number of anilines is 2. The molecule has 2 aliphatic rings. The summed E-state index contributed by atoms with van der Waals surface area (Å²) in [6.07, 6.45) is -2.62. The fourth-order valence-corrected chi connectivity index (χ4v) is 4.69. The van der Waals surface area contributed by atoms with E-state index >= 15 is 0 Å². The maximum atomic E-state index is 13.9. The lowest BCUT2D eigenvalue weighted by Crippen LogP contribution is -2.35. The van der Waals surface area contributed by atoms with Crippen molar-refractivity contribution in [1.82, 2.24) is 5.32 Å². The van der Waals surface area contributed by atoms with Gasteiger partial charge in [-0.15, -0.1) is 0 Å². The first-order valence-electron chi connectivity index (χ1n) is 10.2. The predicted octanol–water partition coefficient (Wildman–Crippen LogP) is 5.71. The summed E-state index contributed by atoms with van der Waals surface area (Å²) in [6.45, 7) is -0.172. The van der Waals surface area contributed by atoms with Crippen molar-refractivity contribution < 1.29 is 22.8 Å². The first kappa shape index (κ1) is 21.3. The number of hydrogen-bond donors (Lipinski definition) is 2. The molecular formula is C24H17ClF3N3O2. The van der Waals surface area contributed by atoms with Gasteiger partial charge in [0.15, 0.2) is 0 Å². The molecule has 2 aliphatic heterocycles. The van der Waals surface area contributed by atoms with Crippen molar-refractivity contribution >= 4 is 34.9 Å². The summed E-state index contributed by atoms with van der Waals surface area (Å²) in [5, 5.41) is 5.78. The highest BCUT2D eigenvalue weighted by molar-refractivity contribution is 6.31. The fraction of sp³-hybridized carbons (Fsp3) is 0.167. The number of para-hydroxylation sites is 1.